The highest BCUT2D eigenvalue weighted by atomic mass is 16.5. The monoisotopic (exact) mass is 348 g/mol. The first-order chi connectivity index (χ1) is 11.5. The molecule has 0 aliphatic heterocycles. The van der Waals surface area contributed by atoms with Crippen LogP contribution in [0.5, 0.6) is 0 Å². The van der Waals surface area contributed by atoms with Crippen LogP contribution in [0.1, 0.15) is 71.1 Å². The lowest BCUT2D eigenvalue weighted by Gasteiger charge is -2.23. The summed E-state index contributed by atoms with van der Waals surface area (Å²) >= 11 is 0. The summed E-state index contributed by atoms with van der Waals surface area (Å²) in [5.41, 5.74) is 0. The summed E-state index contributed by atoms with van der Waals surface area (Å²) in [5.74, 6) is 0. The second-order valence-corrected chi connectivity index (χ2v) is 6.43. The Labute approximate surface area is 145 Å². The number of hydrogen-bond donors (Lipinski definition) is 4. The molecule has 0 bridgehead atoms. The average molecular weight is 348 g/mol. The van der Waals surface area contributed by atoms with Gasteiger partial charge in [-0.05, 0) is 6.42 Å². The number of aldehydes is 1. The fourth-order valence-corrected chi connectivity index (χ4v) is 2.50. The standard InChI is InChI=1S/C18H36O6/c1-2-3-4-5-6-7-8-9-10-11-12-24-14-16(21)18(23)17(22)15(20)13-19/h13,15-18,20-23H,2-12,14H2,1H3/t15-,16-,17-,18-/m1/s1. The van der Waals surface area contributed by atoms with Crippen LogP contribution >= 0.6 is 0 Å². The van der Waals surface area contributed by atoms with Gasteiger partial charge >= 0.3 is 0 Å². The van der Waals surface area contributed by atoms with E-state index in [0.29, 0.717) is 6.61 Å². The summed E-state index contributed by atoms with van der Waals surface area (Å²) in [7, 11) is 0. The van der Waals surface area contributed by atoms with E-state index in [-0.39, 0.29) is 12.9 Å². The molecule has 6 heteroatoms. The second-order valence-electron chi connectivity index (χ2n) is 6.43. The van der Waals surface area contributed by atoms with Crippen LogP contribution in [-0.4, -0.2) is 64.3 Å². The smallest absolute Gasteiger partial charge is 0.151 e. The average Bonchev–Trinajstić information content (AvgIpc) is 2.60. The fourth-order valence-electron chi connectivity index (χ4n) is 2.50. The summed E-state index contributed by atoms with van der Waals surface area (Å²) in [6.45, 7) is 2.56. The quantitative estimate of drug-likeness (QED) is 0.235. The van der Waals surface area contributed by atoms with E-state index in [1.165, 1.54) is 51.4 Å². The van der Waals surface area contributed by atoms with Gasteiger partial charge in [-0.15, -0.1) is 0 Å². The number of carbonyl (C=O) groups excluding carboxylic acids is 1. The molecule has 0 aliphatic carbocycles. The van der Waals surface area contributed by atoms with Crippen LogP contribution in [0.4, 0.5) is 0 Å². The molecular weight excluding hydrogens is 312 g/mol. The number of ether oxygens (including phenoxy) is 1. The van der Waals surface area contributed by atoms with Crippen LogP contribution in [0.15, 0.2) is 0 Å². The first-order valence-electron chi connectivity index (χ1n) is 9.29. The molecule has 0 aromatic carbocycles. The Kier molecular flexibility index (Phi) is 15.6. The van der Waals surface area contributed by atoms with E-state index in [1.807, 2.05) is 0 Å². The lowest BCUT2D eigenvalue weighted by molar-refractivity contribution is -0.138. The summed E-state index contributed by atoms with van der Waals surface area (Å²) in [6.07, 6.45) is 6.01. The van der Waals surface area contributed by atoms with Crippen LogP contribution in [-0.2, 0) is 9.53 Å². The van der Waals surface area contributed by atoms with Crippen LogP contribution in [0.25, 0.3) is 0 Å². The molecule has 0 fully saturated rings. The van der Waals surface area contributed by atoms with Crippen LogP contribution in [0.2, 0.25) is 0 Å². The molecule has 0 unspecified atom stereocenters. The lowest BCUT2D eigenvalue weighted by Crippen LogP contribution is -2.46. The predicted octanol–water partition coefficient (Wildman–Crippen LogP) is 1.57. The molecule has 0 heterocycles. The van der Waals surface area contributed by atoms with E-state index in [9.17, 15) is 20.1 Å². The Morgan fingerprint density at radius 1 is 0.792 bits per heavy atom. The molecule has 0 aliphatic rings. The summed E-state index contributed by atoms with van der Waals surface area (Å²) in [5, 5.41) is 37.7. The molecule has 0 rings (SSSR count). The van der Waals surface area contributed by atoms with Crippen molar-refractivity contribution in [2.45, 2.75) is 95.5 Å². The Balaban J connectivity index is 3.44. The van der Waals surface area contributed by atoms with Gasteiger partial charge in [0.1, 0.15) is 24.4 Å². The molecule has 0 saturated heterocycles. The van der Waals surface area contributed by atoms with Gasteiger partial charge in [0.05, 0.1) is 6.61 Å². The number of hydrogen-bond acceptors (Lipinski definition) is 6. The maximum absolute atomic E-state index is 10.3. The predicted molar refractivity (Wildman–Crippen MR) is 92.8 cm³/mol. The summed E-state index contributed by atoms with van der Waals surface area (Å²) in [6, 6.07) is 0. The van der Waals surface area contributed by atoms with Gasteiger partial charge in [-0.3, -0.25) is 0 Å². The first kappa shape index (κ1) is 23.5. The highest BCUT2D eigenvalue weighted by Crippen LogP contribution is 2.11. The van der Waals surface area contributed by atoms with Gasteiger partial charge in [-0.2, -0.15) is 0 Å². The fraction of sp³-hybridized carbons (Fsp3) is 0.944. The van der Waals surface area contributed by atoms with Crippen molar-refractivity contribution >= 4 is 6.29 Å². The zero-order chi connectivity index (χ0) is 18.2. The number of aliphatic hydroxyl groups is 4. The van der Waals surface area contributed by atoms with Crippen molar-refractivity contribution in [3.63, 3.8) is 0 Å². The van der Waals surface area contributed by atoms with Crippen molar-refractivity contribution in [3.8, 4) is 0 Å². The minimum atomic E-state index is -1.71. The molecule has 6 nitrogen and oxygen atoms in total. The Bertz CT molecular complexity index is 287. The van der Waals surface area contributed by atoms with Crippen molar-refractivity contribution in [1.82, 2.24) is 0 Å². The van der Waals surface area contributed by atoms with Gasteiger partial charge < -0.3 is 30.0 Å². The van der Waals surface area contributed by atoms with E-state index >= 15 is 0 Å². The second kappa shape index (κ2) is 16.0. The van der Waals surface area contributed by atoms with E-state index < -0.39 is 24.4 Å². The lowest BCUT2D eigenvalue weighted by atomic mass is 10.0. The van der Waals surface area contributed by atoms with Gasteiger partial charge in [0.15, 0.2) is 6.29 Å². The van der Waals surface area contributed by atoms with Gasteiger partial charge in [0.25, 0.3) is 0 Å². The van der Waals surface area contributed by atoms with E-state index in [0.717, 1.165) is 12.8 Å². The molecule has 24 heavy (non-hydrogen) atoms. The molecule has 0 saturated carbocycles. The van der Waals surface area contributed by atoms with Gasteiger partial charge in [0, 0.05) is 6.61 Å². The van der Waals surface area contributed by atoms with E-state index in [1.54, 1.807) is 0 Å². The van der Waals surface area contributed by atoms with Crippen LogP contribution in [0.3, 0.4) is 0 Å². The third-order valence-corrected chi connectivity index (χ3v) is 4.16. The maximum atomic E-state index is 10.3. The summed E-state index contributed by atoms with van der Waals surface area (Å²) < 4.78 is 5.26. The zero-order valence-electron chi connectivity index (χ0n) is 15.0. The van der Waals surface area contributed by atoms with Crippen molar-refractivity contribution in [3.05, 3.63) is 0 Å². The molecule has 4 atom stereocenters. The molecule has 144 valence electrons. The van der Waals surface area contributed by atoms with E-state index in [2.05, 4.69) is 6.92 Å². The van der Waals surface area contributed by atoms with E-state index in [4.69, 9.17) is 9.84 Å². The molecule has 0 aromatic rings. The topological polar surface area (TPSA) is 107 Å². The molecule has 0 radical (unpaired) electrons. The number of rotatable bonds is 17. The minimum absolute atomic E-state index is 0.116. The normalized spacial score (nSPS) is 16.5. The van der Waals surface area contributed by atoms with Crippen LogP contribution < -0.4 is 0 Å². The largest absolute Gasteiger partial charge is 0.388 e. The number of aliphatic hydroxyl groups excluding tert-OH is 4. The van der Waals surface area contributed by atoms with Crippen molar-refractivity contribution in [2.24, 2.45) is 0 Å². The minimum Gasteiger partial charge on any atom is -0.388 e. The third-order valence-electron chi connectivity index (χ3n) is 4.16. The van der Waals surface area contributed by atoms with Gasteiger partial charge in [-0.25, -0.2) is 0 Å². The molecule has 0 aromatic heterocycles. The van der Waals surface area contributed by atoms with Crippen molar-refractivity contribution in [1.29, 1.82) is 0 Å². The Morgan fingerprint density at radius 2 is 1.29 bits per heavy atom. The zero-order valence-corrected chi connectivity index (χ0v) is 15.0. The molecule has 0 spiro atoms. The van der Waals surface area contributed by atoms with Crippen molar-refractivity contribution < 1.29 is 30.0 Å². The Morgan fingerprint density at radius 3 is 1.79 bits per heavy atom. The van der Waals surface area contributed by atoms with Crippen molar-refractivity contribution in [2.75, 3.05) is 13.2 Å². The molecule has 0 amide bonds. The first-order valence-corrected chi connectivity index (χ1v) is 9.29. The molecular formula is C18H36O6. The summed E-state index contributed by atoms with van der Waals surface area (Å²) in [4.78, 5) is 10.3. The highest BCUT2D eigenvalue weighted by molar-refractivity contribution is 5.56. The highest BCUT2D eigenvalue weighted by Gasteiger charge is 2.30. The Hall–Kier alpha value is -0.530. The van der Waals surface area contributed by atoms with Crippen LogP contribution in [0, 0.1) is 0 Å². The SMILES string of the molecule is CCCCCCCCCCCCOC[C@@H](O)[C@@H](O)[C@H](O)[C@H](O)C=O. The molecule has 4 N–H and O–H groups in total. The maximum Gasteiger partial charge on any atom is 0.151 e. The van der Waals surface area contributed by atoms with Gasteiger partial charge in [-0.1, -0.05) is 64.7 Å². The number of carbonyl (C=O) groups is 1. The third kappa shape index (κ3) is 11.9. The van der Waals surface area contributed by atoms with Gasteiger partial charge in [0.2, 0.25) is 0 Å². The number of unbranched alkanes of at least 4 members (excludes halogenated alkanes) is 9.